The molecule has 1 atom stereocenters. The van der Waals surface area contributed by atoms with Gasteiger partial charge in [0, 0.05) is 11.5 Å². The standard InChI is InChI=1S/C19H31N/c1-5-15-20-17(18(2,3)4)19(13-9-10-14-19)16-11-7-6-8-12-16/h6-8,11-12,17,20H,5,9-10,13-15H2,1-4H3. The Morgan fingerprint density at radius 3 is 2.20 bits per heavy atom. The molecule has 0 heterocycles. The van der Waals surface area contributed by atoms with E-state index in [1.165, 1.54) is 32.1 Å². The van der Waals surface area contributed by atoms with Crippen molar-refractivity contribution in [1.82, 2.24) is 5.32 Å². The fourth-order valence-electron chi connectivity index (χ4n) is 4.14. The lowest BCUT2D eigenvalue weighted by atomic mass is 9.64. The first-order valence-corrected chi connectivity index (χ1v) is 8.29. The Morgan fingerprint density at radius 1 is 1.10 bits per heavy atom. The third kappa shape index (κ3) is 3.09. The van der Waals surface area contributed by atoms with Gasteiger partial charge in [-0.2, -0.15) is 0 Å². The highest BCUT2D eigenvalue weighted by Gasteiger charge is 2.46. The SMILES string of the molecule is CCCNC(C(C)(C)C)C1(c2ccccc2)CCCC1. The van der Waals surface area contributed by atoms with Gasteiger partial charge in [-0.15, -0.1) is 0 Å². The van der Waals surface area contributed by atoms with Gasteiger partial charge in [0.1, 0.15) is 0 Å². The van der Waals surface area contributed by atoms with Crippen LogP contribution in [-0.4, -0.2) is 12.6 Å². The molecule has 1 N–H and O–H groups in total. The highest BCUT2D eigenvalue weighted by atomic mass is 15.0. The van der Waals surface area contributed by atoms with E-state index in [0.29, 0.717) is 11.5 Å². The Labute approximate surface area is 125 Å². The summed E-state index contributed by atoms with van der Waals surface area (Å²) in [6, 6.07) is 11.8. The van der Waals surface area contributed by atoms with E-state index >= 15 is 0 Å². The Morgan fingerprint density at radius 2 is 1.70 bits per heavy atom. The first-order chi connectivity index (χ1) is 9.50. The van der Waals surface area contributed by atoms with Gasteiger partial charge in [0.25, 0.3) is 0 Å². The highest BCUT2D eigenvalue weighted by Crippen LogP contribution is 2.48. The Kier molecular flexibility index (Phi) is 4.90. The second kappa shape index (κ2) is 6.30. The van der Waals surface area contributed by atoms with E-state index in [1.54, 1.807) is 5.56 Å². The summed E-state index contributed by atoms with van der Waals surface area (Å²) in [4.78, 5) is 0. The van der Waals surface area contributed by atoms with Crippen molar-refractivity contribution in [3.8, 4) is 0 Å². The maximum Gasteiger partial charge on any atom is 0.0212 e. The third-order valence-corrected chi connectivity index (χ3v) is 4.86. The lowest BCUT2D eigenvalue weighted by Gasteiger charge is -2.46. The second-order valence-electron chi connectivity index (χ2n) is 7.48. The molecule has 0 amide bonds. The van der Waals surface area contributed by atoms with Gasteiger partial charge in [0.2, 0.25) is 0 Å². The highest BCUT2D eigenvalue weighted by molar-refractivity contribution is 5.30. The number of hydrogen-bond donors (Lipinski definition) is 1. The molecule has 1 saturated carbocycles. The predicted molar refractivity (Wildman–Crippen MR) is 88.1 cm³/mol. The number of benzene rings is 1. The Bertz CT molecular complexity index is 396. The summed E-state index contributed by atoms with van der Waals surface area (Å²) in [5.41, 5.74) is 2.16. The summed E-state index contributed by atoms with van der Waals surface area (Å²) in [7, 11) is 0. The molecule has 0 bridgehead atoms. The molecular weight excluding hydrogens is 242 g/mol. The van der Waals surface area contributed by atoms with Gasteiger partial charge in [-0.05, 0) is 36.8 Å². The molecule has 0 spiro atoms. The zero-order chi connectivity index (χ0) is 14.6. The molecule has 1 aromatic rings. The van der Waals surface area contributed by atoms with Crippen LogP contribution in [0.4, 0.5) is 0 Å². The first kappa shape index (κ1) is 15.6. The van der Waals surface area contributed by atoms with Gasteiger partial charge in [0.15, 0.2) is 0 Å². The maximum atomic E-state index is 3.89. The zero-order valence-corrected chi connectivity index (χ0v) is 13.7. The van der Waals surface area contributed by atoms with Crippen molar-refractivity contribution >= 4 is 0 Å². The van der Waals surface area contributed by atoms with Crippen molar-refractivity contribution in [3.63, 3.8) is 0 Å². The summed E-state index contributed by atoms with van der Waals surface area (Å²) in [6.07, 6.45) is 6.60. The summed E-state index contributed by atoms with van der Waals surface area (Å²) in [5.74, 6) is 0. The zero-order valence-electron chi connectivity index (χ0n) is 13.7. The number of rotatable bonds is 5. The van der Waals surface area contributed by atoms with Crippen LogP contribution in [0, 0.1) is 5.41 Å². The fraction of sp³-hybridized carbons (Fsp3) is 0.684. The largest absolute Gasteiger partial charge is 0.313 e. The lowest BCUT2D eigenvalue weighted by Crippen LogP contribution is -2.54. The summed E-state index contributed by atoms with van der Waals surface area (Å²) in [5, 5.41) is 3.89. The van der Waals surface area contributed by atoms with Crippen molar-refractivity contribution in [1.29, 1.82) is 0 Å². The average Bonchev–Trinajstić information content (AvgIpc) is 2.89. The molecule has 2 rings (SSSR count). The molecule has 0 aliphatic heterocycles. The Balaban J connectivity index is 2.39. The van der Waals surface area contributed by atoms with E-state index in [4.69, 9.17) is 0 Å². The van der Waals surface area contributed by atoms with Gasteiger partial charge in [0.05, 0.1) is 0 Å². The molecule has 0 radical (unpaired) electrons. The molecule has 0 saturated heterocycles. The van der Waals surface area contributed by atoms with Gasteiger partial charge in [-0.1, -0.05) is 70.9 Å². The molecule has 112 valence electrons. The minimum Gasteiger partial charge on any atom is -0.313 e. The smallest absolute Gasteiger partial charge is 0.0212 e. The molecule has 1 unspecified atom stereocenters. The molecular formula is C19H31N. The number of nitrogens with one attached hydrogen (secondary N) is 1. The minimum atomic E-state index is 0.287. The van der Waals surface area contributed by atoms with Crippen LogP contribution in [0.1, 0.15) is 65.4 Å². The lowest BCUT2D eigenvalue weighted by molar-refractivity contribution is 0.160. The Hall–Kier alpha value is -0.820. The molecule has 1 heteroatoms. The average molecular weight is 273 g/mol. The topological polar surface area (TPSA) is 12.0 Å². The third-order valence-electron chi connectivity index (χ3n) is 4.86. The van der Waals surface area contributed by atoms with E-state index < -0.39 is 0 Å². The molecule has 1 aliphatic rings. The van der Waals surface area contributed by atoms with Crippen LogP contribution in [0.3, 0.4) is 0 Å². The fourth-order valence-corrected chi connectivity index (χ4v) is 4.14. The van der Waals surface area contributed by atoms with Crippen molar-refractivity contribution in [2.24, 2.45) is 5.41 Å². The first-order valence-electron chi connectivity index (χ1n) is 8.29. The monoisotopic (exact) mass is 273 g/mol. The van der Waals surface area contributed by atoms with Crippen LogP contribution >= 0.6 is 0 Å². The molecule has 1 aromatic carbocycles. The van der Waals surface area contributed by atoms with Gasteiger partial charge in [-0.25, -0.2) is 0 Å². The summed E-state index contributed by atoms with van der Waals surface area (Å²) < 4.78 is 0. The number of hydrogen-bond acceptors (Lipinski definition) is 1. The molecule has 1 aliphatic carbocycles. The normalized spacial score (nSPS) is 20.0. The van der Waals surface area contributed by atoms with Crippen molar-refractivity contribution < 1.29 is 0 Å². The van der Waals surface area contributed by atoms with Crippen molar-refractivity contribution in [3.05, 3.63) is 35.9 Å². The van der Waals surface area contributed by atoms with E-state index in [-0.39, 0.29) is 5.41 Å². The minimum absolute atomic E-state index is 0.287. The molecule has 1 nitrogen and oxygen atoms in total. The summed E-state index contributed by atoms with van der Waals surface area (Å²) in [6.45, 7) is 10.6. The van der Waals surface area contributed by atoms with Gasteiger partial charge < -0.3 is 5.32 Å². The van der Waals surface area contributed by atoms with E-state index in [0.717, 1.165) is 6.54 Å². The van der Waals surface area contributed by atoms with E-state index in [2.05, 4.69) is 63.3 Å². The van der Waals surface area contributed by atoms with E-state index in [1.807, 2.05) is 0 Å². The van der Waals surface area contributed by atoms with Crippen LogP contribution < -0.4 is 5.32 Å². The molecule has 0 aromatic heterocycles. The van der Waals surface area contributed by atoms with Gasteiger partial charge in [-0.3, -0.25) is 0 Å². The molecule has 20 heavy (non-hydrogen) atoms. The van der Waals surface area contributed by atoms with Gasteiger partial charge >= 0.3 is 0 Å². The summed E-state index contributed by atoms with van der Waals surface area (Å²) >= 11 is 0. The van der Waals surface area contributed by atoms with E-state index in [9.17, 15) is 0 Å². The maximum absolute atomic E-state index is 3.89. The van der Waals surface area contributed by atoms with Crippen LogP contribution in [0.2, 0.25) is 0 Å². The van der Waals surface area contributed by atoms with Crippen LogP contribution in [-0.2, 0) is 5.41 Å². The predicted octanol–water partition coefficient (Wildman–Crippen LogP) is 4.91. The van der Waals surface area contributed by atoms with Crippen LogP contribution in [0.25, 0.3) is 0 Å². The quantitative estimate of drug-likeness (QED) is 0.803. The molecule has 1 fully saturated rings. The van der Waals surface area contributed by atoms with Crippen LogP contribution in [0.15, 0.2) is 30.3 Å². The van der Waals surface area contributed by atoms with Crippen LogP contribution in [0.5, 0.6) is 0 Å². The van der Waals surface area contributed by atoms with Crippen molar-refractivity contribution in [2.45, 2.75) is 71.3 Å². The van der Waals surface area contributed by atoms with Crippen molar-refractivity contribution in [2.75, 3.05) is 6.54 Å². The second-order valence-corrected chi connectivity index (χ2v) is 7.48.